The predicted octanol–water partition coefficient (Wildman–Crippen LogP) is 1.19. The first-order valence-electron chi connectivity index (χ1n) is 5.89. The monoisotopic (exact) mass is 263 g/mol. The maximum Gasteiger partial charge on any atom is 0.253 e. The Hall–Kier alpha value is -2.31. The van der Waals surface area contributed by atoms with E-state index >= 15 is 0 Å². The van der Waals surface area contributed by atoms with Crippen LogP contribution in [0.25, 0.3) is 5.69 Å². The SMILES string of the molecule is CC(C)CNC(=O)c1ccc(F)cc1-n1cnnn1. The lowest BCUT2D eigenvalue weighted by Crippen LogP contribution is -2.28. The zero-order chi connectivity index (χ0) is 13.8. The molecule has 0 radical (unpaired) electrons. The lowest BCUT2D eigenvalue weighted by molar-refractivity contribution is 0.0949. The molecular weight excluding hydrogens is 249 g/mol. The van der Waals surface area contributed by atoms with Crippen LogP contribution >= 0.6 is 0 Å². The summed E-state index contributed by atoms with van der Waals surface area (Å²) < 4.78 is 14.6. The van der Waals surface area contributed by atoms with Crippen molar-refractivity contribution in [3.05, 3.63) is 35.9 Å². The molecule has 1 N–H and O–H groups in total. The second-order valence-electron chi connectivity index (χ2n) is 4.52. The van der Waals surface area contributed by atoms with Crippen molar-refractivity contribution in [3.63, 3.8) is 0 Å². The van der Waals surface area contributed by atoms with E-state index in [1.807, 2.05) is 13.8 Å². The summed E-state index contributed by atoms with van der Waals surface area (Å²) >= 11 is 0. The van der Waals surface area contributed by atoms with E-state index in [2.05, 4.69) is 20.8 Å². The maximum atomic E-state index is 13.3. The predicted molar refractivity (Wildman–Crippen MR) is 66.3 cm³/mol. The van der Waals surface area contributed by atoms with Gasteiger partial charge in [0, 0.05) is 12.6 Å². The van der Waals surface area contributed by atoms with Crippen LogP contribution in [0.4, 0.5) is 4.39 Å². The van der Waals surface area contributed by atoms with Crippen LogP contribution in [0.15, 0.2) is 24.5 Å². The van der Waals surface area contributed by atoms with Gasteiger partial charge in [-0.15, -0.1) is 5.10 Å². The molecule has 0 atom stereocenters. The number of carbonyl (C=O) groups is 1. The Morgan fingerprint density at radius 3 is 2.89 bits per heavy atom. The Labute approximate surface area is 109 Å². The van der Waals surface area contributed by atoms with E-state index in [1.54, 1.807) is 0 Å². The first-order valence-corrected chi connectivity index (χ1v) is 5.89. The van der Waals surface area contributed by atoms with E-state index in [-0.39, 0.29) is 5.91 Å². The molecule has 0 fully saturated rings. The number of benzene rings is 1. The summed E-state index contributed by atoms with van der Waals surface area (Å²) in [4.78, 5) is 12.1. The molecule has 0 bridgehead atoms. The van der Waals surface area contributed by atoms with E-state index in [9.17, 15) is 9.18 Å². The van der Waals surface area contributed by atoms with Gasteiger partial charge in [-0.1, -0.05) is 13.8 Å². The highest BCUT2D eigenvalue weighted by Crippen LogP contribution is 2.15. The summed E-state index contributed by atoms with van der Waals surface area (Å²) in [6.45, 7) is 4.53. The number of amides is 1. The fraction of sp³-hybridized carbons (Fsp3) is 0.333. The second-order valence-corrected chi connectivity index (χ2v) is 4.52. The molecule has 0 aliphatic carbocycles. The van der Waals surface area contributed by atoms with Gasteiger partial charge in [0.15, 0.2) is 0 Å². The van der Waals surface area contributed by atoms with Crippen LogP contribution in [-0.4, -0.2) is 32.7 Å². The number of hydrogen-bond acceptors (Lipinski definition) is 4. The molecule has 6 nitrogen and oxygen atoms in total. The van der Waals surface area contributed by atoms with Gasteiger partial charge in [0.2, 0.25) is 0 Å². The largest absolute Gasteiger partial charge is 0.352 e. The van der Waals surface area contributed by atoms with E-state index in [1.165, 1.54) is 29.2 Å². The van der Waals surface area contributed by atoms with Gasteiger partial charge in [0.25, 0.3) is 5.91 Å². The van der Waals surface area contributed by atoms with E-state index in [4.69, 9.17) is 0 Å². The Balaban J connectivity index is 2.32. The number of nitrogens with zero attached hydrogens (tertiary/aromatic N) is 4. The fourth-order valence-electron chi connectivity index (χ4n) is 1.55. The third kappa shape index (κ3) is 3.12. The summed E-state index contributed by atoms with van der Waals surface area (Å²) in [5.41, 5.74) is 0.639. The third-order valence-corrected chi connectivity index (χ3v) is 2.47. The summed E-state index contributed by atoms with van der Waals surface area (Å²) in [7, 11) is 0. The van der Waals surface area contributed by atoms with Crippen molar-refractivity contribution < 1.29 is 9.18 Å². The number of nitrogens with one attached hydrogen (secondary N) is 1. The van der Waals surface area contributed by atoms with Crippen molar-refractivity contribution in [1.82, 2.24) is 25.5 Å². The first-order chi connectivity index (χ1) is 9.08. The van der Waals surface area contributed by atoms with Crippen LogP contribution in [0, 0.1) is 11.7 Å². The quantitative estimate of drug-likeness (QED) is 0.899. The van der Waals surface area contributed by atoms with Crippen molar-refractivity contribution >= 4 is 5.91 Å². The standard InChI is InChI=1S/C12H14FN5O/c1-8(2)6-14-12(19)10-4-3-9(13)5-11(10)18-7-15-16-17-18/h3-5,7-8H,6H2,1-2H3,(H,14,19). The average Bonchev–Trinajstić information content (AvgIpc) is 2.89. The van der Waals surface area contributed by atoms with Crippen molar-refractivity contribution in [2.75, 3.05) is 6.54 Å². The van der Waals surface area contributed by atoms with Gasteiger partial charge in [-0.3, -0.25) is 4.79 Å². The number of rotatable bonds is 4. The number of tetrazole rings is 1. The molecule has 0 unspecified atom stereocenters. The molecule has 0 spiro atoms. The van der Waals surface area contributed by atoms with E-state index in [0.717, 1.165) is 0 Å². The first kappa shape index (κ1) is 13.1. The minimum atomic E-state index is -0.453. The molecule has 1 aromatic heterocycles. The lowest BCUT2D eigenvalue weighted by Gasteiger charge is -2.11. The molecule has 1 heterocycles. The van der Waals surface area contributed by atoms with Crippen LogP contribution in [0.5, 0.6) is 0 Å². The van der Waals surface area contributed by atoms with Crippen molar-refractivity contribution in [2.45, 2.75) is 13.8 Å². The Bertz CT molecular complexity index is 568. The Morgan fingerprint density at radius 1 is 1.47 bits per heavy atom. The van der Waals surface area contributed by atoms with Gasteiger partial charge < -0.3 is 5.32 Å². The summed E-state index contributed by atoms with van der Waals surface area (Å²) in [6, 6.07) is 3.88. The Kier molecular flexibility index (Phi) is 3.84. The van der Waals surface area contributed by atoms with Crippen LogP contribution < -0.4 is 5.32 Å². The number of halogens is 1. The molecule has 0 saturated carbocycles. The molecule has 19 heavy (non-hydrogen) atoms. The molecule has 0 aliphatic heterocycles. The van der Waals surface area contributed by atoms with Gasteiger partial charge in [-0.2, -0.15) is 4.68 Å². The third-order valence-electron chi connectivity index (χ3n) is 2.47. The second kappa shape index (κ2) is 5.55. The number of hydrogen-bond donors (Lipinski definition) is 1. The van der Waals surface area contributed by atoms with Crippen LogP contribution in [0.2, 0.25) is 0 Å². The van der Waals surface area contributed by atoms with Crippen molar-refractivity contribution in [1.29, 1.82) is 0 Å². The molecule has 0 saturated heterocycles. The fourth-order valence-corrected chi connectivity index (χ4v) is 1.55. The lowest BCUT2D eigenvalue weighted by atomic mass is 10.1. The van der Waals surface area contributed by atoms with Gasteiger partial charge >= 0.3 is 0 Å². The van der Waals surface area contributed by atoms with Crippen molar-refractivity contribution in [2.24, 2.45) is 5.92 Å². The zero-order valence-electron chi connectivity index (χ0n) is 10.7. The van der Waals surface area contributed by atoms with Crippen LogP contribution in [0.1, 0.15) is 24.2 Å². The van der Waals surface area contributed by atoms with E-state index in [0.29, 0.717) is 23.7 Å². The van der Waals surface area contributed by atoms with Gasteiger partial charge in [-0.25, -0.2) is 4.39 Å². The highest BCUT2D eigenvalue weighted by molar-refractivity contribution is 5.97. The molecule has 1 aromatic carbocycles. The number of carbonyl (C=O) groups excluding carboxylic acids is 1. The topological polar surface area (TPSA) is 72.7 Å². The van der Waals surface area contributed by atoms with Gasteiger partial charge in [-0.05, 0) is 28.5 Å². The minimum Gasteiger partial charge on any atom is -0.352 e. The van der Waals surface area contributed by atoms with Gasteiger partial charge in [0.1, 0.15) is 12.1 Å². The molecule has 100 valence electrons. The molecule has 0 aliphatic rings. The summed E-state index contributed by atoms with van der Waals surface area (Å²) in [5, 5.41) is 13.4. The molecule has 1 amide bonds. The maximum absolute atomic E-state index is 13.3. The average molecular weight is 263 g/mol. The highest BCUT2D eigenvalue weighted by Gasteiger charge is 2.14. The zero-order valence-corrected chi connectivity index (χ0v) is 10.7. The van der Waals surface area contributed by atoms with Crippen molar-refractivity contribution in [3.8, 4) is 5.69 Å². The van der Waals surface area contributed by atoms with E-state index < -0.39 is 5.82 Å². The molecule has 2 rings (SSSR count). The molecule has 2 aromatic rings. The Morgan fingerprint density at radius 2 is 2.26 bits per heavy atom. The normalized spacial score (nSPS) is 10.7. The van der Waals surface area contributed by atoms with Crippen LogP contribution in [0.3, 0.4) is 0 Å². The number of aromatic nitrogens is 4. The molecular formula is C12H14FN5O. The van der Waals surface area contributed by atoms with Crippen LogP contribution in [-0.2, 0) is 0 Å². The molecule has 7 heteroatoms. The smallest absolute Gasteiger partial charge is 0.253 e. The minimum absolute atomic E-state index is 0.279. The van der Waals surface area contributed by atoms with Gasteiger partial charge in [0.05, 0.1) is 11.3 Å². The highest BCUT2D eigenvalue weighted by atomic mass is 19.1. The summed E-state index contributed by atoms with van der Waals surface area (Å²) in [6.07, 6.45) is 1.31. The summed E-state index contributed by atoms with van der Waals surface area (Å²) in [5.74, 6) is -0.397.